The third-order valence-electron chi connectivity index (χ3n) is 4.87. The summed E-state index contributed by atoms with van der Waals surface area (Å²) in [5.74, 6) is -0.217. The van der Waals surface area contributed by atoms with Gasteiger partial charge in [0.1, 0.15) is 0 Å². The van der Waals surface area contributed by atoms with Gasteiger partial charge in [-0.05, 0) is 38.0 Å². The van der Waals surface area contributed by atoms with E-state index in [1.165, 1.54) is 32.1 Å². The predicted molar refractivity (Wildman–Crippen MR) is 76.5 cm³/mol. The maximum Gasteiger partial charge on any atom is 0.315 e. The van der Waals surface area contributed by atoms with Crippen LogP contribution in [0.15, 0.2) is 0 Å². The zero-order valence-corrected chi connectivity index (χ0v) is 12.3. The molecule has 5 nitrogen and oxygen atoms in total. The minimum absolute atomic E-state index is 0.213. The van der Waals surface area contributed by atoms with Crippen LogP contribution >= 0.6 is 0 Å². The van der Waals surface area contributed by atoms with Crippen molar-refractivity contribution in [3.8, 4) is 0 Å². The topological polar surface area (TPSA) is 78.4 Å². The first kappa shape index (κ1) is 15.1. The first-order valence-electron chi connectivity index (χ1n) is 7.85. The number of urea groups is 1. The van der Waals surface area contributed by atoms with Crippen molar-refractivity contribution in [2.45, 2.75) is 64.3 Å². The number of carboxylic acids is 1. The third-order valence-corrected chi connectivity index (χ3v) is 4.87. The fourth-order valence-electron chi connectivity index (χ4n) is 3.18. The molecule has 0 bridgehead atoms. The van der Waals surface area contributed by atoms with E-state index in [9.17, 15) is 9.59 Å². The summed E-state index contributed by atoms with van der Waals surface area (Å²) in [6.45, 7) is 2.34. The van der Waals surface area contributed by atoms with Gasteiger partial charge in [0.2, 0.25) is 0 Å². The average Bonchev–Trinajstić information content (AvgIpc) is 3.25. The molecule has 2 amide bonds. The molecule has 1 unspecified atom stereocenters. The number of carbonyl (C=O) groups excluding carboxylic acids is 1. The SMILES string of the molecule is CCC(NC(=O)NCC1(C(=O)O)CC1)C1CCCCC1. The van der Waals surface area contributed by atoms with Crippen molar-refractivity contribution >= 4 is 12.0 Å². The van der Waals surface area contributed by atoms with Gasteiger partial charge in [0.25, 0.3) is 0 Å². The Morgan fingerprint density at radius 2 is 1.90 bits per heavy atom. The van der Waals surface area contributed by atoms with Crippen LogP contribution < -0.4 is 10.6 Å². The molecule has 0 aromatic heterocycles. The van der Waals surface area contributed by atoms with Crippen LogP contribution in [0.3, 0.4) is 0 Å². The monoisotopic (exact) mass is 282 g/mol. The molecule has 2 saturated carbocycles. The Morgan fingerprint density at radius 1 is 1.25 bits per heavy atom. The molecular formula is C15H26N2O3. The standard InChI is InChI=1S/C15H26N2O3/c1-2-12(11-6-4-3-5-7-11)17-14(20)16-10-15(8-9-15)13(18)19/h11-12H,2-10H2,1H3,(H,18,19)(H2,16,17,20). The molecule has 0 aromatic carbocycles. The van der Waals surface area contributed by atoms with Crippen LogP contribution in [0.2, 0.25) is 0 Å². The summed E-state index contributed by atoms with van der Waals surface area (Å²) >= 11 is 0. The van der Waals surface area contributed by atoms with Gasteiger partial charge in [-0.1, -0.05) is 26.2 Å². The highest BCUT2D eigenvalue weighted by Crippen LogP contribution is 2.45. The normalized spacial score (nSPS) is 22.9. The molecule has 1 atom stereocenters. The lowest BCUT2D eigenvalue weighted by atomic mass is 9.83. The number of hydrogen-bond donors (Lipinski definition) is 3. The Labute approximate surface area is 120 Å². The highest BCUT2D eigenvalue weighted by molar-refractivity contribution is 5.80. The summed E-state index contributed by atoms with van der Waals surface area (Å²) in [4.78, 5) is 23.0. The summed E-state index contributed by atoms with van der Waals surface area (Å²) in [5.41, 5.74) is -0.691. The van der Waals surface area contributed by atoms with Gasteiger partial charge in [0.05, 0.1) is 5.41 Å². The molecule has 114 valence electrons. The number of amides is 2. The molecule has 2 fully saturated rings. The minimum Gasteiger partial charge on any atom is -0.481 e. The van der Waals surface area contributed by atoms with Gasteiger partial charge in [-0.3, -0.25) is 4.79 Å². The smallest absolute Gasteiger partial charge is 0.315 e. The zero-order valence-electron chi connectivity index (χ0n) is 12.3. The molecule has 2 rings (SSSR count). The Bertz CT molecular complexity index is 360. The van der Waals surface area contributed by atoms with E-state index in [4.69, 9.17) is 5.11 Å². The highest BCUT2D eigenvalue weighted by atomic mass is 16.4. The molecule has 3 N–H and O–H groups in total. The fraction of sp³-hybridized carbons (Fsp3) is 0.867. The number of hydrogen-bond acceptors (Lipinski definition) is 2. The van der Waals surface area contributed by atoms with Gasteiger partial charge in [0, 0.05) is 12.6 Å². The second-order valence-corrected chi connectivity index (χ2v) is 6.33. The summed E-state index contributed by atoms with van der Waals surface area (Å²) in [6.07, 6.45) is 8.47. The van der Waals surface area contributed by atoms with Crippen LogP contribution in [0.1, 0.15) is 58.3 Å². The van der Waals surface area contributed by atoms with E-state index in [1.807, 2.05) is 0 Å². The van der Waals surface area contributed by atoms with Crippen LogP contribution in [0.25, 0.3) is 0 Å². The summed E-state index contributed by atoms with van der Waals surface area (Å²) in [5, 5.41) is 14.8. The molecule has 0 spiro atoms. The Hall–Kier alpha value is -1.26. The summed E-state index contributed by atoms with van der Waals surface area (Å²) in [7, 11) is 0. The van der Waals surface area contributed by atoms with Crippen molar-refractivity contribution in [2.24, 2.45) is 11.3 Å². The maximum atomic E-state index is 11.9. The van der Waals surface area contributed by atoms with Crippen LogP contribution in [-0.2, 0) is 4.79 Å². The van der Waals surface area contributed by atoms with E-state index >= 15 is 0 Å². The van der Waals surface area contributed by atoms with Crippen LogP contribution in [0.4, 0.5) is 4.79 Å². The molecule has 0 aromatic rings. The average molecular weight is 282 g/mol. The predicted octanol–water partition coefficient (Wildman–Crippen LogP) is 2.51. The quantitative estimate of drug-likeness (QED) is 0.700. The van der Waals surface area contributed by atoms with E-state index in [1.54, 1.807) is 0 Å². The molecule has 5 heteroatoms. The van der Waals surface area contributed by atoms with Gasteiger partial charge in [-0.25, -0.2) is 4.79 Å². The van der Waals surface area contributed by atoms with Crippen molar-refractivity contribution in [3.63, 3.8) is 0 Å². The van der Waals surface area contributed by atoms with Gasteiger partial charge >= 0.3 is 12.0 Å². The Kier molecular flexibility index (Phi) is 4.89. The zero-order chi connectivity index (χ0) is 14.6. The highest BCUT2D eigenvalue weighted by Gasteiger charge is 2.50. The van der Waals surface area contributed by atoms with Gasteiger partial charge in [0.15, 0.2) is 0 Å². The first-order valence-corrected chi connectivity index (χ1v) is 7.85. The number of aliphatic carboxylic acids is 1. The molecular weight excluding hydrogens is 256 g/mol. The van der Waals surface area contributed by atoms with Gasteiger partial charge in [-0.2, -0.15) is 0 Å². The van der Waals surface area contributed by atoms with Gasteiger partial charge < -0.3 is 15.7 Å². The molecule has 0 saturated heterocycles. The van der Waals surface area contributed by atoms with Crippen molar-refractivity contribution in [2.75, 3.05) is 6.54 Å². The second-order valence-electron chi connectivity index (χ2n) is 6.33. The number of nitrogens with one attached hydrogen (secondary N) is 2. The van der Waals surface area contributed by atoms with E-state index in [0.29, 0.717) is 18.8 Å². The number of rotatable bonds is 6. The maximum absolute atomic E-state index is 11.9. The molecule has 2 aliphatic rings. The van der Waals surface area contributed by atoms with Crippen molar-refractivity contribution in [1.29, 1.82) is 0 Å². The largest absolute Gasteiger partial charge is 0.481 e. The van der Waals surface area contributed by atoms with Crippen molar-refractivity contribution in [3.05, 3.63) is 0 Å². The van der Waals surface area contributed by atoms with Gasteiger partial charge in [-0.15, -0.1) is 0 Å². The Morgan fingerprint density at radius 3 is 2.40 bits per heavy atom. The lowest BCUT2D eigenvalue weighted by Gasteiger charge is -2.30. The molecule has 0 heterocycles. The minimum atomic E-state index is -0.794. The van der Waals surface area contributed by atoms with Crippen LogP contribution in [0.5, 0.6) is 0 Å². The Balaban J connectivity index is 1.76. The number of carbonyl (C=O) groups is 2. The van der Waals surface area contributed by atoms with Crippen LogP contribution in [-0.4, -0.2) is 29.7 Å². The second kappa shape index (κ2) is 6.46. The number of carboxylic acid groups (broad SMARTS) is 1. The van der Waals surface area contributed by atoms with E-state index in [0.717, 1.165) is 6.42 Å². The molecule has 0 aliphatic heterocycles. The fourth-order valence-corrected chi connectivity index (χ4v) is 3.18. The van der Waals surface area contributed by atoms with E-state index in [-0.39, 0.29) is 18.6 Å². The lowest BCUT2D eigenvalue weighted by Crippen LogP contribution is -2.47. The molecule has 0 radical (unpaired) electrons. The third kappa shape index (κ3) is 3.64. The summed E-state index contributed by atoms with van der Waals surface area (Å²) < 4.78 is 0. The lowest BCUT2D eigenvalue weighted by molar-refractivity contribution is -0.143. The molecule has 20 heavy (non-hydrogen) atoms. The first-order chi connectivity index (χ1) is 9.57. The van der Waals surface area contributed by atoms with Crippen LogP contribution in [0, 0.1) is 11.3 Å². The van der Waals surface area contributed by atoms with E-state index < -0.39 is 11.4 Å². The van der Waals surface area contributed by atoms with Crippen molar-refractivity contribution < 1.29 is 14.7 Å². The van der Waals surface area contributed by atoms with E-state index in [2.05, 4.69) is 17.6 Å². The molecule has 2 aliphatic carbocycles. The van der Waals surface area contributed by atoms with Crippen molar-refractivity contribution in [1.82, 2.24) is 10.6 Å². The summed E-state index contributed by atoms with van der Waals surface area (Å²) in [6, 6.07) is 0.00484.